The van der Waals surface area contributed by atoms with Crippen molar-refractivity contribution >= 4 is 11.7 Å². The minimum absolute atomic E-state index is 0.104. The number of aromatic nitrogens is 1. The molecule has 0 aliphatic carbocycles. The third kappa shape index (κ3) is 3.97. The van der Waals surface area contributed by atoms with Crippen molar-refractivity contribution in [3.8, 4) is 0 Å². The number of pyridine rings is 1. The van der Waals surface area contributed by atoms with E-state index in [-0.39, 0.29) is 12.0 Å². The third-order valence-corrected chi connectivity index (χ3v) is 4.41. The molecule has 0 aromatic carbocycles. The van der Waals surface area contributed by atoms with Crippen molar-refractivity contribution in [2.45, 2.75) is 44.6 Å². The zero-order valence-corrected chi connectivity index (χ0v) is 13.1. The summed E-state index contributed by atoms with van der Waals surface area (Å²) < 4.78 is 5.53. The highest BCUT2D eigenvalue weighted by Gasteiger charge is 2.18. The average molecular weight is 303 g/mol. The Balaban J connectivity index is 1.60. The monoisotopic (exact) mass is 303 g/mol. The molecule has 5 heteroatoms. The van der Waals surface area contributed by atoms with Crippen LogP contribution in [0, 0.1) is 0 Å². The number of nitrogens with zero attached hydrogens (tertiary/aromatic N) is 2. The second-order valence-corrected chi connectivity index (χ2v) is 6.13. The fourth-order valence-corrected chi connectivity index (χ4v) is 3.13. The molecule has 0 saturated carbocycles. The van der Waals surface area contributed by atoms with E-state index in [1.54, 1.807) is 6.07 Å². The van der Waals surface area contributed by atoms with E-state index in [9.17, 15) is 4.79 Å². The van der Waals surface area contributed by atoms with E-state index in [0.717, 1.165) is 38.4 Å². The molecule has 0 spiro atoms. The van der Waals surface area contributed by atoms with Crippen LogP contribution in [-0.2, 0) is 4.74 Å². The van der Waals surface area contributed by atoms with E-state index in [1.165, 1.54) is 25.7 Å². The lowest BCUT2D eigenvalue weighted by Crippen LogP contribution is -2.33. The molecule has 2 saturated heterocycles. The SMILES string of the molecule is O=C(NCC1CCCO1)c1cccc(N2CCCCCC2)n1. The van der Waals surface area contributed by atoms with Gasteiger partial charge >= 0.3 is 0 Å². The van der Waals surface area contributed by atoms with E-state index in [2.05, 4.69) is 15.2 Å². The first kappa shape index (κ1) is 15.3. The first-order valence-corrected chi connectivity index (χ1v) is 8.45. The first-order chi connectivity index (χ1) is 10.8. The number of hydrogen-bond acceptors (Lipinski definition) is 4. The summed E-state index contributed by atoms with van der Waals surface area (Å²) in [6.07, 6.45) is 7.27. The van der Waals surface area contributed by atoms with Gasteiger partial charge in [-0.25, -0.2) is 4.98 Å². The lowest BCUT2D eigenvalue weighted by molar-refractivity contribution is 0.0854. The van der Waals surface area contributed by atoms with Crippen LogP contribution >= 0.6 is 0 Å². The summed E-state index contributed by atoms with van der Waals surface area (Å²) in [5.41, 5.74) is 0.500. The highest BCUT2D eigenvalue weighted by atomic mass is 16.5. The topological polar surface area (TPSA) is 54.5 Å². The van der Waals surface area contributed by atoms with Gasteiger partial charge in [-0.05, 0) is 37.8 Å². The molecular weight excluding hydrogens is 278 g/mol. The second-order valence-electron chi connectivity index (χ2n) is 6.13. The van der Waals surface area contributed by atoms with Gasteiger partial charge in [-0.1, -0.05) is 18.9 Å². The molecular formula is C17H25N3O2. The number of hydrogen-bond donors (Lipinski definition) is 1. The van der Waals surface area contributed by atoms with Gasteiger partial charge in [0.05, 0.1) is 6.10 Å². The van der Waals surface area contributed by atoms with Crippen LogP contribution in [0.3, 0.4) is 0 Å². The van der Waals surface area contributed by atoms with Crippen LogP contribution in [0.25, 0.3) is 0 Å². The fraction of sp³-hybridized carbons (Fsp3) is 0.647. The number of anilines is 1. The van der Waals surface area contributed by atoms with Crippen LogP contribution in [0.1, 0.15) is 49.0 Å². The molecule has 0 bridgehead atoms. The zero-order chi connectivity index (χ0) is 15.2. The molecule has 1 atom stereocenters. The number of ether oxygens (including phenoxy) is 1. The smallest absolute Gasteiger partial charge is 0.270 e. The zero-order valence-electron chi connectivity index (χ0n) is 13.1. The van der Waals surface area contributed by atoms with Crippen molar-refractivity contribution < 1.29 is 9.53 Å². The van der Waals surface area contributed by atoms with Gasteiger partial charge in [0.15, 0.2) is 0 Å². The molecule has 1 aromatic heterocycles. The van der Waals surface area contributed by atoms with Crippen LogP contribution in [0.15, 0.2) is 18.2 Å². The van der Waals surface area contributed by atoms with Gasteiger partial charge in [-0.3, -0.25) is 4.79 Å². The van der Waals surface area contributed by atoms with Crippen LogP contribution in [0.4, 0.5) is 5.82 Å². The summed E-state index contributed by atoms with van der Waals surface area (Å²) >= 11 is 0. The molecule has 22 heavy (non-hydrogen) atoms. The molecule has 2 aliphatic rings. The summed E-state index contributed by atoms with van der Waals surface area (Å²) in [4.78, 5) is 19.1. The minimum atomic E-state index is -0.104. The third-order valence-electron chi connectivity index (χ3n) is 4.41. The Hall–Kier alpha value is -1.62. The Morgan fingerprint density at radius 3 is 2.77 bits per heavy atom. The number of nitrogens with one attached hydrogen (secondary N) is 1. The molecule has 2 fully saturated rings. The molecule has 5 nitrogen and oxygen atoms in total. The van der Waals surface area contributed by atoms with Gasteiger partial charge in [0.25, 0.3) is 5.91 Å². The largest absolute Gasteiger partial charge is 0.376 e. The van der Waals surface area contributed by atoms with Crippen LogP contribution in [0.2, 0.25) is 0 Å². The van der Waals surface area contributed by atoms with Gasteiger partial charge in [0.2, 0.25) is 0 Å². The molecule has 1 amide bonds. The number of carbonyl (C=O) groups excluding carboxylic acids is 1. The average Bonchev–Trinajstić information content (AvgIpc) is 2.93. The number of carbonyl (C=O) groups is 1. The molecule has 120 valence electrons. The van der Waals surface area contributed by atoms with Gasteiger partial charge in [0, 0.05) is 26.2 Å². The van der Waals surface area contributed by atoms with Gasteiger partial charge < -0.3 is 15.0 Å². The minimum Gasteiger partial charge on any atom is -0.376 e. The summed E-state index contributed by atoms with van der Waals surface area (Å²) in [5.74, 6) is 0.818. The first-order valence-electron chi connectivity index (χ1n) is 8.45. The van der Waals surface area contributed by atoms with Crippen LogP contribution in [0.5, 0.6) is 0 Å². The van der Waals surface area contributed by atoms with Crippen molar-refractivity contribution in [1.29, 1.82) is 0 Å². The highest BCUT2D eigenvalue weighted by Crippen LogP contribution is 2.17. The van der Waals surface area contributed by atoms with Crippen molar-refractivity contribution in [3.05, 3.63) is 23.9 Å². The predicted molar refractivity (Wildman–Crippen MR) is 86.2 cm³/mol. The van der Waals surface area contributed by atoms with Crippen molar-refractivity contribution in [3.63, 3.8) is 0 Å². The van der Waals surface area contributed by atoms with Crippen molar-refractivity contribution in [1.82, 2.24) is 10.3 Å². The Morgan fingerprint density at radius 1 is 1.23 bits per heavy atom. The maximum Gasteiger partial charge on any atom is 0.270 e. The summed E-state index contributed by atoms with van der Waals surface area (Å²) in [6, 6.07) is 5.71. The lowest BCUT2D eigenvalue weighted by Gasteiger charge is -2.21. The number of amides is 1. The van der Waals surface area contributed by atoms with Crippen LogP contribution < -0.4 is 10.2 Å². The summed E-state index contributed by atoms with van der Waals surface area (Å²) in [6.45, 7) is 3.46. The quantitative estimate of drug-likeness (QED) is 0.928. The second kappa shape index (κ2) is 7.58. The fourth-order valence-electron chi connectivity index (χ4n) is 3.13. The summed E-state index contributed by atoms with van der Waals surface area (Å²) in [7, 11) is 0. The Kier molecular flexibility index (Phi) is 5.27. The van der Waals surface area contributed by atoms with E-state index in [4.69, 9.17) is 4.74 Å². The highest BCUT2D eigenvalue weighted by molar-refractivity contribution is 5.92. The van der Waals surface area contributed by atoms with Gasteiger partial charge in [-0.15, -0.1) is 0 Å². The van der Waals surface area contributed by atoms with Crippen molar-refractivity contribution in [2.75, 3.05) is 31.1 Å². The Labute approximate surface area is 132 Å². The predicted octanol–water partition coefficient (Wildman–Crippen LogP) is 2.37. The van der Waals surface area contributed by atoms with E-state index in [1.807, 2.05) is 12.1 Å². The van der Waals surface area contributed by atoms with E-state index < -0.39 is 0 Å². The molecule has 1 N–H and O–H groups in total. The van der Waals surface area contributed by atoms with Crippen molar-refractivity contribution in [2.24, 2.45) is 0 Å². The Morgan fingerprint density at radius 2 is 2.05 bits per heavy atom. The van der Waals surface area contributed by atoms with Crippen LogP contribution in [-0.4, -0.2) is 43.2 Å². The maximum atomic E-state index is 12.3. The molecule has 1 aromatic rings. The van der Waals surface area contributed by atoms with E-state index >= 15 is 0 Å². The van der Waals surface area contributed by atoms with Gasteiger partial charge in [-0.2, -0.15) is 0 Å². The molecule has 2 aliphatic heterocycles. The molecule has 1 unspecified atom stereocenters. The molecule has 0 radical (unpaired) electrons. The molecule has 3 rings (SSSR count). The normalized spacial score (nSPS) is 22.4. The standard InChI is InChI=1S/C17H25N3O2/c21-17(18-13-14-7-6-12-22-14)15-8-5-9-16(19-15)20-10-3-1-2-4-11-20/h5,8-9,14H,1-4,6-7,10-13H2,(H,18,21). The van der Waals surface area contributed by atoms with Gasteiger partial charge in [0.1, 0.15) is 11.5 Å². The van der Waals surface area contributed by atoms with E-state index in [0.29, 0.717) is 12.2 Å². The molecule has 3 heterocycles. The summed E-state index contributed by atoms with van der Waals surface area (Å²) in [5, 5.41) is 2.94. The maximum absolute atomic E-state index is 12.3. The lowest BCUT2D eigenvalue weighted by atomic mass is 10.2. The Bertz CT molecular complexity index is 492. The number of rotatable bonds is 4.